The Kier molecular flexibility index (Phi) is 8.36. The molecule has 16 nitrogen and oxygen atoms in total. The Hall–Kier alpha value is -4.15. The van der Waals surface area contributed by atoms with E-state index in [0.29, 0.717) is 13.1 Å². The summed E-state index contributed by atoms with van der Waals surface area (Å²) in [6, 6.07) is 0. The fraction of sp³-hybridized carbons (Fsp3) is 0.476. The van der Waals surface area contributed by atoms with E-state index in [9.17, 15) is 19.2 Å². The summed E-state index contributed by atoms with van der Waals surface area (Å²) in [5, 5.41) is 0. The van der Waals surface area contributed by atoms with Crippen LogP contribution in [-0.2, 0) is 19.2 Å². The fourth-order valence-corrected chi connectivity index (χ4v) is 4.13. The van der Waals surface area contributed by atoms with Crippen LogP contribution in [0.4, 0.5) is 0 Å². The molecule has 4 aliphatic rings. The molecule has 0 aliphatic carbocycles. The summed E-state index contributed by atoms with van der Waals surface area (Å²) in [6.07, 6.45) is 1.87. The molecule has 4 rings (SSSR count). The van der Waals surface area contributed by atoms with Gasteiger partial charge in [-0.1, -0.05) is 12.2 Å². The molecule has 0 spiro atoms. The quantitative estimate of drug-likeness (QED) is 0.212. The van der Waals surface area contributed by atoms with E-state index in [0.717, 1.165) is 4.90 Å². The molecule has 4 aliphatic heterocycles. The Morgan fingerprint density at radius 1 is 0.865 bits per heavy atom. The maximum atomic E-state index is 11.9. The predicted molar refractivity (Wildman–Crippen MR) is 134 cm³/mol. The molecule has 0 bridgehead atoms. The van der Waals surface area contributed by atoms with Crippen molar-refractivity contribution in [1.29, 1.82) is 0 Å². The highest BCUT2D eigenvalue weighted by Gasteiger charge is 2.44. The number of aliphatic imine (C=N–C) groups is 3. The lowest BCUT2D eigenvalue weighted by Gasteiger charge is -2.46. The van der Waals surface area contributed by atoms with Crippen molar-refractivity contribution in [3.8, 4) is 0 Å². The Balaban J connectivity index is 0.000000206. The molecule has 0 radical (unpaired) electrons. The minimum Gasteiger partial charge on any atom is -0.370 e. The Labute approximate surface area is 213 Å². The third-order valence-corrected chi connectivity index (χ3v) is 5.90. The average Bonchev–Trinajstić information content (AvgIpc) is 3.34. The number of carbonyl (C=O) groups is 4. The first-order chi connectivity index (χ1) is 17.5. The van der Waals surface area contributed by atoms with Crippen LogP contribution in [0, 0.1) is 0 Å². The van der Waals surface area contributed by atoms with E-state index < -0.39 is 18.9 Å². The van der Waals surface area contributed by atoms with Gasteiger partial charge in [0.25, 0.3) is 0 Å². The Morgan fingerprint density at radius 3 is 1.95 bits per heavy atom. The third-order valence-electron chi connectivity index (χ3n) is 5.90. The van der Waals surface area contributed by atoms with Crippen LogP contribution < -0.4 is 22.9 Å². The van der Waals surface area contributed by atoms with E-state index in [4.69, 9.17) is 22.9 Å². The van der Waals surface area contributed by atoms with Gasteiger partial charge in [0, 0.05) is 45.8 Å². The van der Waals surface area contributed by atoms with Crippen LogP contribution in [0.15, 0.2) is 40.3 Å². The van der Waals surface area contributed by atoms with Crippen molar-refractivity contribution in [2.24, 2.45) is 37.9 Å². The number of rotatable bonds is 5. The number of hydrogen-bond acceptors (Lipinski definition) is 14. The molecule has 16 heteroatoms. The molecule has 3 atom stereocenters. The van der Waals surface area contributed by atoms with Crippen molar-refractivity contribution in [2.45, 2.75) is 44.6 Å². The van der Waals surface area contributed by atoms with Gasteiger partial charge in [-0.25, -0.2) is 24.7 Å². The largest absolute Gasteiger partial charge is 0.370 e. The second-order valence-electron chi connectivity index (χ2n) is 8.38. The molecule has 8 N–H and O–H groups in total. The third kappa shape index (κ3) is 5.50. The van der Waals surface area contributed by atoms with Crippen molar-refractivity contribution in [3.63, 3.8) is 0 Å². The van der Waals surface area contributed by atoms with Crippen LogP contribution >= 0.6 is 0 Å². The van der Waals surface area contributed by atoms with Gasteiger partial charge in [0.1, 0.15) is 0 Å². The highest BCUT2D eigenvalue weighted by atomic mass is 16.2. The lowest BCUT2D eigenvalue weighted by molar-refractivity contribution is -0.154. The summed E-state index contributed by atoms with van der Waals surface area (Å²) < 4.78 is 0. The van der Waals surface area contributed by atoms with Gasteiger partial charge < -0.3 is 21.3 Å². The maximum Gasteiger partial charge on any atom is 0.236 e. The minimum absolute atomic E-state index is 0.0506. The minimum atomic E-state index is -0.781. The van der Waals surface area contributed by atoms with Crippen LogP contribution in [0.5, 0.6) is 0 Å². The SMILES string of the molecule is C=CCN1C(N)N=C(N)N(C)C1N1C(=O)CCC1=O.C=CCN1C(N2C(=O)CCC2=O)=NC(N)=NC1N. The second-order valence-corrected chi connectivity index (χ2v) is 8.38. The predicted octanol–water partition coefficient (Wildman–Crippen LogP) is -3.04. The molecule has 37 heavy (non-hydrogen) atoms. The summed E-state index contributed by atoms with van der Waals surface area (Å²) >= 11 is 0. The van der Waals surface area contributed by atoms with E-state index in [1.54, 1.807) is 29.0 Å². The zero-order valence-electron chi connectivity index (χ0n) is 20.6. The molecule has 0 aromatic carbocycles. The number of nitrogens with zero attached hydrogens (tertiary/aromatic N) is 8. The zero-order valence-corrected chi connectivity index (χ0v) is 20.6. The van der Waals surface area contributed by atoms with Gasteiger partial charge in [-0.15, -0.1) is 13.2 Å². The first-order valence-electron chi connectivity index (χ1n) is 11.5. The van der Waals surface area contributed by atoms with Crippen molar-refractivity contribution < 1.29 is 19.2 Å². The Bertz CT molecular complexity index is 1050. The lowest BCUT2D eigenvalue weighted by atomic mass is 10.4. The monoisotopic (exact) mass is 516 g/mol. The first-order valence-corrected chi connectivity index (χ1v) is 11.5. The summed E-state index contributed by atoms with van der Waals surface area (Å²) in [6.45, 7) is 7.94. The number of carbonyl (C=O) groups excluding carboxylic acids is 4. The normalized spacial score (nSPS) is 26.6. The first kappa shape index (κ1) is 27.4. The molecule has 0 aromatic rings. The molecular weight excluding hydrogens is 484 g/mol. The summed E-state index contributed by atoms with van der Waals surface area (Å²) in [5.41, 5.74) is 23.0. The zero-order chi connectivity index (χ0) is 27.4. The van der Waals surface area contributed by atoms with E-state index in [1.165, 1.54) is 9.80 Å². The van der Waals surface area contributed by atoms with Crippen LogP contribution in [-0.4, -0.2) is 105 Å². The summed E-state index contributed by atoms with van der Waals surface area (Å²) in [5.74, 6) is -0.793. The maximum absolute atomic E-state index is 11.9. The molecule has 4 amide bonds. The van der Waals surface area contributed by atoms with Crippen molar-refractivity contribution in [3.05, 3.63) is 25.3 Å². The number of hydrogen-bond donors (Lipinski definition) is 4. The molecule has 4 heterocycles. The van der Waals surface area contributed by atoms with Gasteiger partial charge >= 0.3 is 0 Å². The van der Waals surface area contributed by atoms with Gasteiger partial charge in [0.2, 0.25) is 35.5 Å². The fourth-order valence-electron chi connectivity index (χ4n) is 4.13. The van der Waals surface area contributed by atoms with E-state index >= 15 is 0 Å². The standard InChI is InChI=1S/C11H18N6O2.C10H14N6O2/c1-3-6-16-10(13)14-9(12)15(2)11(16)17-7(18)4-5-8(17)19;1-2-5-15-9(12)13-8(11)14-10(15)16-6(17)3-4-7(16)18/h3,10-11H,1,4-6,13H2,2H3,(H2,12,14);2,9H,1,3-5,12H2,(H2,11,13). The summed E-state index contributed by atoms with van der Waals surface area (Å²) in [4.78, 5) is 66.0. The summed E-state index contributed by atoms with van der Waals surface area (Å²) in [7, 11) is 1.67. The van der Waals surface area contributed by atoms with Crippen molar-refractivity contribution in [1.82, 2.24) is 24.5 Å². The molecule has 2 fully saturated rings. The Morgan fingerprint density at radius 2 is 1.41 bits per heavy atom. The van der Waals surface area contributed by atoms with Crippen LogP contribution in [0.1, 0.15) is 25.7 Å². The van der Waals surface area contributed by atoms with Gasteiger partial charge in [0.05, 0.1) is 0 Å². The van der Waals surface area contributed by atoms with Gasteiger partial charge in [-0.05, 0) is 0 Å². The number of guanidine groups is 3. The number of likely N-dealkylation sites (tertiary alicyclic amines) is 2. The smallest absolute Gasteiger partial charge is 0.236 e. The number of nitrogens with two attached hydrogens (primary N) is 4. The molecule has 3 unspecified atom stereocenters. The van der Waals surface area contributed by atoms with E-state index in [1.807, 2.05) is 0 Å². The van der Waals surface area contributed by atoms with Gasteiger partial charge in [-0.3, -0.25) is 30.6 Å². The van der Waals surface area contributed by atoms with Crippen LogP contribution in [0.2, 0.25) is 0 Å². The second kappa shape index (κ2) is 11.3. The number of imide groups is 2. The van der Waals surface area contributed by atoms with Crippen LogP contribution in [0.25, 0.3) is 0 Å². The van der Waals surface area contributed by atoms with Gasteiger partial charge in [0.15, 0.2) is 24.8 Å². The van der Waals surface area contributed by atoms with E-state index in [2.05, 4.69) is 28.1 Å². The topological polar surface area (TPSA) is 226 Å². The van der Waals surface area contributed by atoms with Crippen molar-refractivity contribution >= 4 is 41.5 Å². The van der Waals surface area contributed by atoms with Crippen molar-refractivity contribution in [2.75, 3.05) is 20.1 Å². The molecule has 0 saturated carbocycles. The van der Waals surface area contributed by atoms with Crippen LogP contribution in [0.3, 0.4) is 0 Å². The number of amides is 4. The highest BCUT2D eigenvalue weighted by Crippen LogP contribution is 2.23. The highest BCUT2D eigenvalue weighted by molar-refractivity contribution is 6.18. The van der Waals surface area contributed by atoms with Gasteiger partial charge in [-0.2, -0.15) is 4.99 Å². The molecule has 0 aromatic heterocycles. The molecule has 2 saturated heterocycles. The van der Waals surface area contributed by atoms with E-state index in [-0.39, 0.29) is 67.2 Å². The lowest BCUT2D eigenvalue weighted by Crippen LogP contribution is -2.68. The molecular formula is C21H32N12O4. The molecule has 200 valence electrons. The average molecular weight is 517 g/mol.